The smallest absolute Gasteiger partial charge is 0.223 e. The van der Waals surface area contributed by atoms with E-state index >= 15 is 0 Å². The standard InChI is InChI=1S/C13H15N7OS/c1-21-8-2-3-15-9(6-8)16-4-5-22-12-10-11(18-7-17-10)19-13(14)20-12/h2-3,6-7H,4-5H2,1H3,(H,15,16)(H3,14,17,18,19,20). The number of nitrogen functional groups attached to an aromatic ring is 1. The Morgan fingerprint density at radius 2 is 2.27 bits per heavy atom. The van der Waals surface area contributed by atoms with E-state index in [1.807, 2.05) is 6.07 Å². The van der Waals surface area contributed by atoms with E-state index in [-0.39, 0.29) is 5.95 Å². The van der Waals surface area contributed by atoms with Gasteiger partial charge in [0.2, 0.25) is 5.95 Å². The van der Waals surface area contributed by atoms with Crippen molar-refractivity contribution >= 4 is 34.7 Å². The van der Waals surface area contributed by atoms with E-state index in [0.29, 0.717) is 5.65 Å². The first kappa shape index (κ1) is 14.4. The number of thioether (sulfide) groups is 1. The number of hydrogen-bond acceptors (Lipinski definition) is 8. The third-order valence-corrected chi connectivity index (χ3v) is 3.86. The second-order valence-corrected chi connectivity index (χ2v) is 5.43. The van der Waals surface area contributed by atoms with Crippen LogP contribution in [0.15, 0.2) is 29.7 Å². The molecule has 0 aliphatic carbocycles. The fourth-order valence-corrected chi connectivity index (χ4v) is 2.74. The van der Waals surface area contributed by atoms with Crippen LogP contribution in [0, 0.1) is 0 Å². The molecule has 0 saturated carbocycles. The molecule has 0 fully saturated rings. The maximum atomic E-state index is 5.68. The number of methoxy groups -OCH3 is 1. The number of imidazole rings is 1. The molecule has 0 atom stereocenters. The SMILES string of the molecule is COc1ccnc(NCCSc2nc(N)nc3nc[nH]c23)c1. The average molecular weight is 317 g/mol. The number of nitrogens with one attached hydrogen (secondary N) is 2. The lowest BCUT2D eigenvalue weighted by atomic mass is 10.4. The minimum atomic E-state index is 0.226. The zero-order valence-corrected chi connectivity index (χ0v) is 12.7. The van der Waals surface area contributed by atoms with Crippen molar-refractivity contribution in [3.05, 3.63) is 24.7 Å². The number of fused-ring (bicyclic) bond motifs is 1. The number of ether oxygens (including phenoxy) is 1. The van der Waals surface area contributed by atoms with Crippen LogP contribution in [0.3, 0.4) is 0 Å². The molecule has 3 aromatic rings. The molecular weight excluding hydrogens is 302 g/mol. The molecule has 0 unspecified atom stereocenters. The topological polar surface area (TPSA) is 115 Å². The van der Waals surface area contributed by atoms with E-state index in [9.17, 15) is 0 Å². The van der Waals surface area contributed by atoms with Crippen LogP contribution in [0.2, 0.25) is 0 Å². The van der Waals surface area contributed by atoms with Gasteiger partial charge in [0.1, 0.15) is 22.1 Å². The summed E-state index contributed by atoms with van der Waals surface area (Å²) in [5.74, 6) is 2.56. The molecule has 9 heteroatoms. The number of hydrogen-bond donors (Lipinski definition) is 3. The Kier molecular flexibility index (Phi) is 4.24. The third-order valence-electron chi connectivity index (χ3n) is 2.88. The van der Waals surface area contributed by atoms with Crippen LogP contribution < -0.4 is 15.8 Å². The van der Waals surface area contributed by atoms with E-state index < -0.39 is 0 Å². The summed E-state index contributed by atoms with van der Waals surface area (Å²) in [6, 6.07) is 3.65. The van der Waals surface area contributed by atoms with Gasteiger partial charge in [0, 0.05) is 24.6 Å². The molecule has 22 heavy (non-hydrogen) atoms. The van der Waals surface area contributed by atoms with Crippen molar-refractivity contribution in [1.29, 1.82) is 0 Å². The van der Waals surface area contributed by atoms with Gasteiger partial charge in [-0.1, -0.05) is 0 Å². The van der Waals surface area contributed by atoms with Gasteiger partial charge in [-0.05, 0) is 6.07 Å². The van der Waals surface area contributed by atoms with E-state index in [4.69, 9.17) is 10.5 Å². The van der Waals surface area contributed by atoms with Gasteiger partial charge < -0.3 is 20.8 Å². The molecule has 0 bridgehead atoms. The highest BCUT2D eigenvalue weighted by Crippen LogP contribution is 2.23. The number of nitrogens with zero attached hydrogens (tertiary/aromatic N) is 4. The first-order chi connectivity index (χ1) is 10.8. The van der Waals surface area contributed by atoms with Crippen LogP contribution >= 0.6 is 11.8 Å². The quantitative estimate of drug-likeness (QED) is 0.356. The molecular formula is C13H15N7OS. The van der Waals surface area contributed by atoms with Crippen molar-refractivity contribution in [2.75, 3.05) is 30.5 Å². The number of H-pyrrole nitrogens is 1. The minimum absolute atomic E-state index is 0.226. The summed E-state index contributed by atoms with van der Waals surface area (Å²) in [4.78, 5) is 19.7. The van der Waals surface area contributed by atoms with Gasteiger partial charge in [-0.25, -0.2) is 15.0 Å². The fraction of sp³-hybridized carbons (Fsp3) is 0.231. The lowest BCUT2D eigenvalue weighted by molar-refractivity contribution is 0.414. The maximum Gasteiger partial charge on any atom is 0.223 e. The molecule has 0 spiro atoms. The van der Waals surface area contributed by atoms with Crippen molar-refractivity contribution in [3.8, 4) is 5.75 Å². The minimum Gasteiger partial charge on any atom is -0.497 e. The number of aromatic amines is 1. The number of rotatable bonds is 6. The molecule has 3 aromatic heterocycles. The van der Waals surface area contributed by atoms with E-state index in [1.54, 1.807) is 37.5 Å². The average Bonchev–Trinajstić information content (AvgIpc) is 3.00. The second kappa shape index (κ2) is 6.48. The highest BCUT2D eigenvalue weighted by atomic mass is 32.2. The Morgan fingerprint density at radius 3 is 3.14 bits per heavy atom. The molecule has 8 nitrogen and oxygen atoms in total. The van der Waals surface area contributed by atoms with Crippen molar-refractivity contribution in [2.24, 2.45) is 0 Å². The highest BCUT2D eigenvalue weighted by molar-refractivity contribution is 7.99. The Hall–Kier alpha value is -2.55. The molecule has 114 valence electrons. The Bertz CT molecular complexity index is 776. The van der Waals surface area contributed by atoms with Crippen molar-refractivity contribution in [3.63, 3.8) is 0 Å². The second-order valence-electron chi connectivity index (χ2n) is 4.34. The molecule has 0 aliphatic rings. The molecule has 0 aromatic carbocycles. The molecule has 4 N–H and O–H groups in total. The lowest BCUT2D eigenvalue weighted by Gasteiger charge is -2.07. The van der Waals surface area contributed by atoms with Gasteiger partial charge in [0.25, 0.3) is 0 Å². The summed E-state index contributed by atoms with van der Waals surface area (Å²) >= 11 is 1.57. The summed E-state index contributed by atoms with van der Waals surface area (Å²) in [5, 5.41) is 4.03. The van der Waals surface area contributed by atoms with Gasteiger partial charge in [0.05, 0.1) is 13.4 Å². The Labute approximate surface area is 130 Å². The summed E-state index contributed by atoms with van der Waals surface area (Å²) in [7, 11) is 1.63. The zero-order chi connectivity index (χ0) is 15.4. The van der Waals surface area contributed by atoms with Crippen LogP contribution in [0.5, 0.6) is 5.75 Å². The third kappa shape index (κ3) is 3.19. The Morgan fingerprint density at radius 1 is 1.36 bits per heavy atom. The van der Waals surface area contributed by atoms with Gasteiger partial charge in [0.15, 0.2) is 5.65 Å². The van der Waals surface area contributed by atoms with Crippen molar-refractivity contribution < 1.29 is 4.74 Å². The lowest BCUT2D eigenvalue weighted by Crippen LogP contribution is -2.06. The fourth-order valence-electron chi connectivity index (χ4n) is 1.89. The van der Waals surface area contributed by atoms with Crippen LogP contribution in [0.25, 0.3) is 11.2 Å². The van der Waals surface area contributed by atoms with E-state index in [1.165, 1.54) is 0 Å². The van der Waals surface area contributed by atoms with Crippen LogP contribution in [-0.4, -0.2) is 44.3 Å². The summed E-state index contributed by atoms with van der Waals surface area (Å²) < 4.78 is 5.16. The zero-order valence-electron chi connectivity index (χ0n) is 11.9. The molecule has 0 radical (unpaired) electrons. The van der Waals surface area contributed by atoms with Gasteiger partial charge in [-0.15, -0.1) is 11.8 Å². The van der Waals surface area contributed by atoms with E-state index in [2.05, 4.69) is 30.2 Å². The van der Waals surface area contributed by atoms with Crippen LogP contribution in [0.4, 0.5) is 11.8 Å². The largest absolute Gasteiger partial charge is 0.497 e. The molecule has 0 aliphatic heterocycles. The van der Waals surface area contributed by atoms with Gasteiger partial charge in [-0.2, -0.15) is 4.98 Å². The monoisotopic (exact) mass is 317 g/mol. The molecule has 3 heterocycles. The molecule has 3 rings (SSSR count). The van der Waals surface area contributed by atoms with Crippen molar-refractivity contribution in [1.82, 2.24) is 24.9 Å². The van der Waals surface area contributed by atoms with Gasteiger partial charge in [-0.3, -0.25) is 0 Å². The normalized spacial score (nSPS) is 10.8. The predicted molar refractivity (Wildman–Crippen MR) is 86.1 cm³/mol. The molecule has 0 amide bonds. The number of nitrogens with two attached hydrogens (primary N) is 1. The summed E-state index contributed by atoms with van der Waals surface area (Å²) in [6.07, 6.45) is 3.29. The first-order valence-corrected chi connectivity index (χ1v) is 7.58. The summed E-state index contributed by atoms with van der Waals surface area (Å²) in [5.41, 5.74) is 7.07. The number of aromatic nitrogens is 5. The van der Waals surface area contributed by atoms with Crippen LogP contribution in [0.1, 0.15) is 0 Å². The maximum absolute atomic E-state index is 5.68. The molecule has 0 saturated heterocycles. The Balaban J connectivity index is 1.59. The van der Waals surface area contributed by atoms with Crippen molar-refractivity contribution in [2.45, 2.75) is 5.03 Å². The predicted octanol–water partition coefficient (Wildman–Crippen LogP) is 1.54. The summed E-state index contributed by atoms with van der Waals surface area (Å²) in [6.45, 7) is 0.727. The van der Waals surface area contributed by atoms with Gasteiger partial charge >= 0.3 is 0 Å². The number of anilines is 2. The van der Waals surface area contributed by atoms with Crippen LogP contribution in [-0.2, 0) is 0 Å². The first-order valence-electron chi connectivity index (χ1n) is 6.59. The van der Waals surface area contributed by atoms with E-state index in [0.717, 1.165) is 34.4 Å². The number of pyridine rings is 1. The highest BCUT2D eigenvalue weighted by Gasteiger charge is 2.08.